The number of carbonyl (C=O) groups excluding carboxylic acids is 1. The lowest BCUT2D eigenvalue weighted by Gasteiger charge is -2.12. The smallest absolute Gasteiger partial charge is 0.317 e. The number of rotatable bonds is 6. The lowest BCUT2D eigenvalue weighted by atomic mass is 10.1. The summed E-state index contributed by atoms with van der Waals surface area (Å²) in [6.45, 7) is 3.97. The highest BCUT2D eigenvalue weighted by Gasteiger charge is 2.03. The molecule has 0 fully saturated rings. The third-order valence-corrected chi connectivity index (χ3v) is 2.37. The van der Waals surface area contributed by atoms with Crippen LogP contribution in [0.3, 0.4) is 0 Å². The number of aliphatic hydroxyl groups excluding tert-OH is 1. The Kier molecular flexibility index (Phi) is 6.00. The van der Waals surface area contributed by atoms with E-state index in [1.54, 1.807) is 6.92 Å². The molecule has 0 saturated heterocycles. The molecule has 18 heavy (non-hydrogen) atoms. The number of carbonyl (C=O) groups is 1. The quantitative estimate of drug-likeness (QED) is 0.668. The first-order chi connectivity index (χ1) is 8.63. The number of benzene rings is 1. The van der Waals surface area contributed by atoms with Crippen molar-refractivity contribution in [3.05, 3.63) is 29.8 Å². The van der Waals surface area contributed by atoms with E-state index in [-0.39, 0.29) is 19.3 Å². The fourth-order valence-electron chi connectivity index (χ4n) is 1.42. The number of ether oxygens (including phenoxy) is 1. The van der Waals surface area contributed by atoms with Crippen molar-refractivity contribution in [2.45, 2.75) is 26.4 Å². The van der Waals surface area contributed by atoms with Crippen LogP contribution < -0.4 is 15.4 Å². The predicted octanol–water partition coefficient (Wildman–Crippen LogP) is 1.27. The number of nitrogens with one attached hydrogen (secondary N) is 2. The molecule has 0 aliphatic heterocycles. The average Bonchev–Trinajstić information content (AvgIpc) is 2.37. The SMILES string of the molecule is CCc1ccccc1OCNC(=O)NCC(C)O. The average molecular weight is 252 g/mol. The maximum atomic E-state index is 11.3. The van der Waals surface area contributed by atoms with Gasteiger partial charge in [-0.25, -0.2) is 4.79 Å². The van der Waals surface area contributed by atoms with Gasteiger partial charge < -0.3 is 20.5 Å². The molecule has 1 rings (SSSR count). The van der Waals surface area contributed by atoms with Crippen LogP contribution in [0.2, 0.25) is 0 Å². The maximum Gasteiger partial charge on any atom is 0.317 e. The van der Waals surface area contributed by atoms with Crippen LogP contribution >= 0.6 is 0 Å². The molecule has 0 aliphatic rings. The molecular formula is C13H20N2O3. The van der Waals surface area contributed by atoms with Gasteiger partial charge in [0, 0.05) is 6.54 Å². The Morgan fingerprint density at radius 2 is 2.11 bits per heavy atom. The zero-order valence-corrected chi connectivity index (χ0v) is 10.8. The number of aryl methyl sites for hydroxylation is 1. The molecule has 1 aromatic carbocycles. The highest BCUT2D eigenvalue weighted by Crippen LogP contribution is 2.17. The van der Waals surface area contributed by atoms with E-state index < -0.39 is 6.10 Å². The topological polar surface area (TPSA) is 70.6 Å². The van der Waals surface area contributed by atoms with Crippen molar-refractivity contribution in [1.82, 2.24) is 10.6 Å². The molecule has 0 bridgehead atoms. The van der Waals surface area contributed by atoms with Gasteiger partial charge in [0.2, 0.25) is 0 Å². The normalized spacial score (nSPS) is 11.7. The summed E-state index contributed by atoms with van der Waals surface area (Å²) in [6.07, 6.45) is 0.321. The lowest BCUT2D eigenvalue weighted by molar-refractivity contribution is 0.184. The van der Waals surface area contributed by atoms with Crippen LogP contribution in [0.5, 0.6) is 5.75 Å². The van der Waals surface area contributed by atoms with Crippen LogP contribution in [0, 0.1) is 0 Å². The Morgan fingerprint density at radius 3 is 2.78 bits per heavy atom. The van der Waals surface area contributed by atoms with Gasteiger partial charge >= 0.3 is 6.03 Å². The van der Waals surface area contributed by atoms with Gasteiger partial charge in [0.25, 0.3) is 0 Å². The van der Waals surface area contributed by atoms with Crippen molar-refractivity contribution in [2.24, 2.45) is 0 Å². The summed E-state index contributed by atoms with van der Waals surface area (Å²) < 4.78 is 5.47. The Bertz CT molecular complexity index is 380. The molecule has 2 amide bonds. The molecule has 5 heteroatoms. The van der Waals surface area contributed by atoms with E-state index in [9.17, 15) is 4.79 Å². The molecule has 0 radical (unpaired) electrons. The van der Waals surface area contributed by atoms with E-state index in [0.717, 1.165) is 17.7 Å². The van der Waals surface area contributed by atoms with Gasteiger partial charge in [0.05, 0.1) is 6.10 Å². The highest BCUT2D eigenvalue weighted by atomic mass is 16.5. The highest BCUT2D eigenvalue weighted by molar-refractivity contribution is 5.73. The Balaban J connectivity index is 2.31. The minimum absolute atomic E-state index is 0.0999. The standard InChI is InChI=1S/C13H20N2O3/c1-3-11-6-4-5-7-12(11)18-9-15-13(17)14-8-10(2)16/h4-7,10,16H,3,8-9H2,1-2H3,(H2,14,15,17). The summed E-state index contributed by atoms with van der Waals surface area (Å²) in [5, 5.41) is 14.1. The molecule has 1 unspecified atom stereocenters. The lowest BCUT2D eigenvalue weighted by Crippen LogP contribution is -2.40. The van der Waals surface area contributed by atoms with E-state index in [1.807, 2.05) is 31.2 Å². The molecule has 100 valence electrons. The minimum atomic E-state index is -0.558. The van der Waals surface area contributed by atoms with Gasteiger partial charge in [0.15, 0.2) is 6.73 Å². The molecule has 3 N–H and O–H groups in total. The summed E-state index contributed by atoms with van der Waals surface area (Å²) >= 11 is 0. The van der Waals surface area contributed by atoms with Crippen LogP contribution in [0.25, 0.3) is 0 Å². The first kappa shape index (κ1) is 14.3. The third-order valence-electron chi connectivity index (χ3n) is 2.37. The van der Waals surface area contributed by atoms with Crippen LogP contribution in [0.15, 0.2) is 24.3 Å². The van der Waals surface area contributed by atoms with Crippen molar-refractivity contribution in [1.29, 1.82) is 0 Å². The zero-order chi connectivity index (χ0) is 13.4. The van der Waals surface area contributed by atoms with Gasteiger partial charge in [-0.15, -0.1) is 0 Å². The number of hydrogen-bond donors (Lipinski definition) is 3. The van der Waals surface area contributed by atoms with Crippen molar-refractivity contribution in [3.8, 4) is 5.75 Å². The van der Waals surface area contributed by atoms with E-state index in [4.69, 9.17) is 9.84 Å². The first-order valence-electron chi connectivity index (χ1n) is 6.04. The molecule has 0 spiro atoms. The summed E-state index contributed by atoms with van der Waals surface area (Å²) in [7, 11) is 0. The second-order valence-corrected chi connectivity index (χ2v) is 3.99. The molecular weight excluding hydrogens is 232 g/mol. The van der Waals surface area contributed by atoms with E-state index >= 15 is 0 Å². The minimum Gasteiger partial charge on any atom is -0.473 e. The zero-order valence-electron chi connectivity index (χ0n) is 10.8. The molecule has 5 nitrogen and oxygen atoms in total. The van der Waals surface area contributed by atoms with Gasteiger partial charge in [-0.2, -0.15) is 0 Å². The molecule has 0 aliphatic carbocycles. The number of amides is 2. The van der Waals surface area contributed by atoms with Crippen molar-refractivity contribution in [2.75, 3.05) is 13.3 Å². The van der Waals surface area contributed by atoms with Crippen molar-refractivity contribution < 1.29 is 14.6 Å². The van der Waals surface area contributed by atoms with Crippen LogP contribution in [-0.2, 0) is 6.42 Å². The van der Waals surface area contributed by atoms with E-state index in [2.05, 4.69) is 10.6 Å². The summed E-state index contributed by atoms with van der Waals surface area (Å²) in [4.78, 5) is 11.3. The van der Waals surface area contributed by atoms with Crippen molar-refractivity contribution in [3.63, 3.8) is 0 Å². The Hall–Kier alpha value is -1.75. The Morgan fingerprint density at radius 1 is 1.39 bits per heavy atom. The van der Waals surface area contributed by atoms with Crippen LogP contribution in [0.4, 0.5) is 4.79 Å². The maximum absolute atomic E-state index is 11.3. The summed E-state index contributed by atoms with van der Waals surface area (Å²) in [6, 6.07) is 7.35. The number of hydrogen-bond acceptors (Lipinski definition) is 3. The third kappa shape index (κ3) is 5.05. The second kappa shape index (κ2) is 7.55. The summed E-state index contributed by atoms with van der Waals surface area (Å²) in [5.41, 5.74) is 1.10. The molecule has 1 aromatic rings. The van der Waals surface area contributed by atoms with Crippen molar-refractivity contribution >= 4 is 6.03 Å². The van der Waals surface area contributed by atoms with Crippen LogP contribution in [0.1, 0.15) is 19.4 Å². The Labute approximate surface area is 107 Å². The molecule has 0 saturated carbocycles. The van der Waals surface area contributed by atoms with Gasteiger partial charge in [-0.3, -0.25) is 0 Å². The van der Waals surface area contributed by atoms with Gasteiger partial charge in [-0.1, -0.05) is 25.1 Å². The monoisotopic (exact) mass is 252 g/mol. The van der Waals surface area contributed by atoms with E-state index in [0.29, 0.717) is 0 Å². The predicted molar refractivity (Wildman–Crippen MR) is 69.5 cm³/mol. The van der Waals surface area contributed by atoms with E-state index in [1.165, 1.54) is 0 Å². The molecule has 1 atom stereocenters. The van der Waals surface area contributed by atoms with Crippen LogP contribution in [-0.4, -0.2) is 30.5 Å². The second-order valence-electron chi connectivity index (χ2n) is 3.99. The number of aliphatic hydroxyl groups is 1. The number of para-hydroxylation sites is 1. The molecule has 0 aromatic heterocycles. The number of urea groups is 1. The van der Waals surface area contributed by atoms with Gasteiger partial charge in [-0.05, 0) is 25.0 Å². The fourth-order valence-corrected chi connectivity index (χ4v) is 1.42. The largest absolute Gasteiger partial charge is 0.473 e. The molecule has 0 heterocycles. The fraction of sp³-hybridized carbons (Fsp3) is 0.462. The summed E-state index contributed by atoms with van der Waals surface area (Å²) in [5.74, 6) is 0.774. The van der Waals surface area contributed by atoms with Gasteiger partial charge in [0.1, 0.15) is 5.75 Å². The first-order valence-corrected chi connectivity index (χ1v) is 6.04.